The highest BCUT2D eigenvalue weighted by atomic mass is 19.2. The van der Waals surface area contributed by atoms with Crippen molar-refractivity contribution in [2.24, 2.45) is 5.92 Å². The molecule has 2 fully saturated rings. The molecule has 0 radical (unpaired) electrons. The van der Waals surface area contributed by atoms with E-state index in [-0.39, 0.29) is 18.5 Å². The summed E-state index contributed by atoms with van der Waals surface area (Å²) in [6.45, 7) is 3.69. The molecule has 3 rings (SSSR count). The summed E-state index contributed by atoms with van der Waals surface area (Å²) in [5, 5.41) is 9.01. The molecule has 126 valence electrons. The SMILES string of the molecule is O=C(O)CN1C[C@@H]2COC[C@H](C1)N(Cc1ccc(F)c(F)c1)C2. The number of hydrogen-bond donors (Lipinski definition) is 1. The smallest absolute Gasteiger partial charge is 0.317 e. The number of carbonyl (C=O) groups is 1. The second-order valence-electron chi connectivity index (χ2n) is 6.32. The van der Waals surface area contributed by atoms with Crippen LogP contribution in [0.1, 0.15) is 5.56 Å². The summed E-state index contributed by atoms with van der Waals surface area (Å²) in [6, 6.07) is 4.00. The second-order valence-corrected chi connectivity index (χ2v) is 6.32. The van der Waals surface area contributed by atoms with Crippen LogP contribution in [0.2, 0.25) is 0 Å². The van der Waals surface area contributed by atoms with Gasteiger partial charge in [-0.2, -0.15) is 0 Å². The number of hydrogen-bond acceptors (Lipinski definition) is 4. The molecule has 2 aliphatic rings. The van der Waals surface area contributed by atoms with E-state index in [4.69, 9.17) is 9.84 Å². The third-order valence-electron chi connectivity index (χ3n) is 4.39. The fraction of sp³-hybridized carbons (Fsp3) is 0.562. The van der Waals surface area contributed by atoms with Crippen molar-refractivity contribution in [3.8, 4) is 0 Å². The van der Waals surface area contributed by atoms with E-state index >= 15 is 0 Å². The highest BCUT2D eigenvalue weighted by molar-refractivity contribution is 5.69. The Hall–Kier alpha value is -1.57. The first-order valence-electron chi connectivity index (χ1n) is 7.71. The van der Waals surface area contributed by atoms with Crippen LogP contribution in [0.25, 0.3) is 0 Å². The van der Waals surface area contributed by atoms with Crippen molar-refractivity contribution in [1.82, 2.24) is 9.80 Å². The normalized spacial score (nSPS) is 26.0. The largest absolute Gasteiger partial charge is 0.480 e. The number of carboxylic acid groups (broad SMARTS) is 1. The van der Waals surface area contributed by atoms with Crippen LogP contribution in [0.3, 0.4) is 0 Å². The Labute approximate surface area is 133 Å². The molecule has 2 aliphatic heterocycles. The van der Waals surface area contributed by atoms with Gasteiger partial charge in [0.1, 0.15) is 0 Å². The molecule has 1 aromatic carbocycles. The molecule has 23 heavy (non-hydrogen) atoms. The topological polar surface area (TPSA) is 53.0 Å². The van der Waals surface area contributed by atoms with Crippen molar-refractivity contribution < 1.29 is 23.4 Å². The zero-order chi connectivity index (χ0) is 16.4. The molecule has 0 unspecified atom stereocenters. The van der Waals surface area contributed by atoms with Crippen molar-refractivity contribution in [2.45, 2.75) is 12.6 Å². The van der Waals surface area contributed by atoms with Gasteiger partial charge in [0.05, 0.1) is 19.8 Å². The summed E-state index contributed by atoms with van der Waals surface area (Å²) >= 11 is 0. The summed E-state index contributed by atoms with van der Waals surface area (Å²) in [5.41, 5.74) is 0.709. The van der Waals surface area contributed by atoms with Crippen LogP contribution in [0.4, 0.5) is 8.78 Å². The van der Waals surface area contributed by atoms with Gasteiger partial charge in [-0.1, -0.05) is 6.07 Å². The van der Waals surface area contributed by atoms with Gasteiger partial charge in [0.15, 0.2) is 11.6 Å². The molecule has 0 aliphatic carbocycles. The molecule has 0 spiro atoms. The van der Waals surface area contributed by atoms with Gasteiger partial charge in [0.2, 0.25) is 0 Å². The van der Waals surface area contributed by atoms with E-state index < -0.39 is 17.6 Å². The average Bonchev–Trinajstić information content (AvgIpc) is 2.72. The average molecular weight is 326 g/mol. The number of benzene rings is 1. The van der Waals surface area contributed by atoms with Crippen molar-refractivity contribution in [2.75, 3.05) is 39.4 Å². The minimum atomic E-state index is -0.848. The number of rotatable bonds is 4. The zero-order valence-corrected chi connectivity index (χ0v) is 12.8. The van der Waals surface area contributed by atoms with Gasteiger partial charge in [0.25, 0.3) is 0 Å². The predicted molar refractivity (Wildman–Crippen MR) is 78.9 cm³/mol. The Balaban J connectivity index is 1.74. The summed E-state index contributed by atoms with van der Waals surface area (Å²) in [7, 11) is 0. The van der Waals surface area contributed by atoms with Gasteiger partial charge in [-0.15, -0.1) is 0 Å². The van der Waals surface area contributed by atoms with Crippen molar-refractivity contribution >= 4 is 5.97 Å². The summed E-state index contributed by atoms with van der Waals surface area (Å²) in [4.78, 5) is 15.1. The van der Waals surface area contributed by atoms with Crippen molar-refractivity contribution in [3.05, 3.63) is 35.4 Å². The van der Waals surface area contributed by atoms with Gasteiger partial charge in [-0.05, 0) is 17.7 Å². The fourth-order valence-corrected chi connectivity index (χ4v) is 3.41. The van der Waals surface area contributed by atoms with Crippen molar-refractivity contribution in [1.29, 1.82) is 0 Å². The van der Waals surface area contributed by atoms with Gasteiger partial charge in [-0.3, -0.25) is 14.6 Å². The minimum absolute atomic E-state index is 0.0199. The van der Waals surface area contributed by atoms with Crippen molar-refractivity contribution in [3.63, 3.8) is 0 Å². The highest BCUT2D eigenvalue weighted by Crippen LogP contribution is 2.22. The number of ether oxygens (including phenoxy) is 1. The Morgan fingerprint density at radius 2 is 2.04 bits per heavy atom. The van der Waals surface area contributed by atoms with E-state index in [2.05, 4.69) is 4.90 Å². The van der Waals surface area contributed by atoms with Crippen LogP contribution in [-0.4, -0.2) is 66.3 Å². The van der Waals surface area contributed by atoms with Crippen LogP contribution >= 0.6 is 0 Å². The molecule has 1 N–H and O–H groups in total. The number of nitrogens with zero attached hydrogens (tertiary/aromatic N) is 2. The summed E-state index contributed by atoms with van der Waals surface area (Å²) in [6.07, 6.45) is 0. The Kier molecular flexibility index (Phi) is 4.89. The maximum absolute atomic E-state index is 13.4. The monoisotopic (exact) mass is 326 g/mol. The molecule has 2 saturated heterocycles. The molecule has 2 bridgehead atoms. The third-order valence-corrected chi connectivity index (χ3v) is 4.39. The minimum Gasteiger partial charge on any atom is -0.480 e. The van der Waals surface area contributed by atoms with E-state index in [0.29, 0.717) is 38.4 Å². The molecule has 5 nitrogen and oxygen atoms in total. The quantitative estimate of drug-likeness (QED) is 0.901. The summed E-state index contributed by atoms with van der Waals surface area (Å²) in [5.74, 6) is -2.31. The Morgan fingerprint density at radius 3 is 2.78 bits per heavy atom. The van der Waals surface area contributed by atoms with E-state index in [1.165, 1.54) is 6.07 Å². The van der Waals surface area contributed by atoms with Crippen LogP contribution in [0.15, 0.2) is 18.2 Å². The number of aliphatic carboxylic acids is 1. The van der Waals surface area contributed by atoms with Crippen LogP contribution in [0.5, 0.6) is 0 Å². The first kappa shape index (κ1) is 16.3. The molecule has 2 atom stereocenters. The third kappa shape index (κ3) is 4.04. The molecule has 2 heterocycles. The van der Waals surface area contributed by atoms with Crippen LogP contribution in [-0.2, 0) is 16.1 Å². The lowest BCUT2D eigenvalue weighted by Gasteiger charge is -2.30. The first-order chi connectivity index (χ1) is 11.0. The fourth-order valence-electron chi connectivity index (χ4n) is 3.41. The van der Waals surface area contributed by atoms with Gasteiger partial charge in [0, 0.05) is 38.1 Å². The van der Waals surface area contributed by atoms with Gasteiger partial charge < -0.3 is 9.84 Å². The Morgan fingerprint density at radius 1 is 1.22 bits per heavy atom. The highest BCUT2D eigenvalue weighted by Gasteiger charge is 2.33. The van der Waals surface area contributed by atoms with Crippen LogP contribution in [0, 0.1) is 17.6 Å². The lowest BCUT2D eigenvalue weighted by atomic mass is 10.1. The maximum Gasteiger partial charge on any atom is 0.317 e. The van der Waals surface area contributed by atoms with E-state index in [1.807, 2.05) is 4.90 Å². The number of carboxylic acids is 1. The maximum atomic E-state index is 13.4. The first-order valence-corrected chi connectivity index (χ1v) is 7.71. The van der Waals surface area contributed by atoms with Crippen LogP contribution < -0.4 is 0 Å². The van der Waals surface area contributed by atoms with E-state index in [1.54, 1.807) is 6.07 Å². The summed E-state index contributed by atoms with van der Waals surface area (Å²) < 4.78 is 32.1. The number of fused-ring (bicyclic) bond motifs is 3. The second kappa shape index (κ2) is 6.90. The molecular formula is C16H20F2N2O3. The molecule has 0 aromatic heterocycles. The molecular weight excluding hydrogens is 306 g/mol. The molecule has 0 amide bonds. The van der Waals surface area contributed by atoms with E-state index in [9.17, 15) is 13.6 Å². The Bertz CT molecular complexity index is 584. The number of halogens is 2. The molecule has 1 aromatic rings. The lowest BCUT2D eigenvalue weighted by molar-refractivity contribution is -0.138. The predicted octanol–water partition coefficient (Wildman–Crippen LogP) is 1.18. The zero-order valence-electron chi connectivity index (χ0n) is 12.8. The lowest BCUT2D eigenvalue weighted by Crippen LogP contribution is -2.44. The van der Waals surface area contributed by atoms with E-state index in [0.717, 1.165) is 12.6 Å². The van der Waals surface area contributed by atoms with Gasteiger partial charge in [-0.25, -0.2) is 8.78 Å². The standard InChI is InChI=1S/C16H20F2N2O3/c17-14-2-1-11(3-15(14)18)5-20-6-12-4-19(8-16(21)22)7-13(20)10-23-9-12/h1-3,12-13H,4-10H2,(H,21,22)/t12-,13-/m0/s1. The molecule has 7 heteroatoms. The van der Waals surface area contributed by atoms with Gasteiger partial charge >= 0.3 is 5.97 Å². The molecule has 0 saturated carbocycles.